The number of carboxylic acids is 2. The van der Waals surface area contributed by atoms with Gasteiger partial charge in [0.1, 0.15) is 17.3 Å². The fraction of sp³-hybridized carbons (Fsp3) is 0.360. The molecule has 2 heterocycles. The van der Waals surface area contributed by atoms with E-state index in [1.54, 1.807) is 4.90 Å². The maximum atomic E-state index is 15.1. The van der Waals surface area contributed by atoms with Gasteiger partial charge in [-0.15, -0.1) is 0 Å². The second-order valence-electron chi connectivity index (χ2n) is 8.40. The Balaban J connectivity index is 0.000000521. The fourth-order valence-electron chi connectivity index (χ4n) is 3.58. The number of carbonyl (C=O) groups is 3. The molecule has 1 aromatic carbocycles. The number of alkyl halides is 1. The standard InChI is InChI=1S/C21H25ClF2N4O.C4H4O4/c1-14-3-5-16(27-19(14)25-2)12-26-13-21(24)7-9-28(10-8-21)20(29)15-4-6-18(23)17(22)11-15;5-3(6)1-2-4(7)8/h3-6,11,26H,7-10,12-13H2,1-2H3,(H,25,27);1-2H,(H,5,6)(H,7,8)/b;2-1+. The molecule has 1 fully saturated rings. The van der Waals surface area contributed by atoms with Gasteiger partial charge in [-0.1, -0.05) is 17.7 Å². The Bertz CT molecular complexity index is 1140. The summed E-state index contributed by atoms with van der Waals surface area (Å²) in [6.07, 6.45) is 1.60. The van der Waals surface area contributed by atoms with Crippen molar-refractivity contribution in [2.45, 2.75) is 32.0 Å². The van der Waals surface area contributed by atoms with Crippen LogP contribution in [0.1, 0.15) is 34.5 Å². The number of aromatic nitrogens is 1. The smallest absolute Gasteiger partial charge is 0.328 e. The maximum Gasteiger partial charge on any atom is 0.328 e. The third kappa shape index (κ3) is 9.43. The molecule has 12 heteroatoms. The topological polar surface area (TPSA) is 132 Å². The normalized spacial score (nSPS) is 14.6. The number of aryl methyl sites for hydroxylation is 1. The lowest BCUT2D eigenvalue weighted by atomic mass is 9.92. The largest absolute Gasteiger partial charge is 0.478 e. The van der Waals surface area contributed by atoms with Crippen molar-refractivity contribution in [1.82, 2.24) is 15.2 Å². The van der Waals surface area contributed by atoms with Gasteiger partial charge in [0.05, 0.1) is 10.7 Å². The number of nitrogens with one attached hydrogen (secondary N) is 2. The summed E-state index contributed by atoms with van der Waals surface area (Å²) in [5.74, 6) is -2.53. The number of benzene rings is 1. The van der Waals surface area contributed by atoms with Crippen molar-refractivity contribution in [2.24, 2.45) is 0 Å². The van der Waals surface area contributed by atoms with E-state index in [0.717, 1.165) is 17.1 Å². The summed E-state index contributed by atoms with van der Waals surface area (Å²) in [7, 11) is 1.82. The number of anilines is 1. The molecule has 0 radical (unpaired) electrons. The first kappa shape index (κ1) is 29.7. The van der Waals surface area contributed by atoms with Crippen LogP contribution in [0.3, 0.4) is 0 Å². The summed E-state index contributed by atoms with van der Waals surface area (Å²) in [4.78, 5) is 37.7. The van der Waals surface area contributed by atoms with Crippen LogP contribution in [-0.4, -0.2) is 70.3 Å². The minimum Gasteiger partial charge on any atom is -0.478 e. The second kappa shape index (κ2) is 13.7. The minimum atomic E-state index is -1.38. The predicted molar refractivity (Wildman–Crippen MR) is 135 cm³/mol. The van der Waals surface area contributed by atoms with Gasteiger partial charge >= 0.3 is 11.9 Å². The number of nitrogens with zero attached hydrogens (tertiary/aromatic N) is 2. The Labute approximate surface area is 218 Å². The summed E-state index contributed by atoms with van der Waals surface area (Å²) >= 11 is 5.75. The Morgan fingerprint density at radius 2 is 1.76 bits per heavy atom. The minimum absolute atomic E-state index is 0.0944. The van der Waals surface area contributed by atoms with E-state index < -0.39 is 23.4 Å². The van der Waals surface area contributed by atoms with E-state index in [1.165, 1.54) is 18.2 Å². The number of amides is 1. The summed E-state index contributed by atoms with van der Waals surface area (Å²) in [5, 5.41) is 21.7. The average molecular weight is 539 g/mol. The number of likely N-dealkylation sites (tertiary alicyclic amines) is 1. The first-order valence-corrected chi connectivity index (χ1v) is 11.7. The number of halogens is 3. The molecule has 3 rings (SSSR count). The highest BCUT2D eigenvalue weighted by Gasteiger charge is 2.36. The monoisotopic (exact) mass is 538 g/mol. The molecule has 0 aliphatic carbocycles. The molecule has 1 aliphatic heterocycles. The second-order valence-corrected chi connectivity index (χ2v) is 8.81. The number of hydrogen-bond donors (Lipinski definition) is 4. The van der Waals surface area contributed by atoms with Crippen molar-refractivity contribution < 1.29 is 33.4 Å². The molecule has 4 N–H and O–H groups in total. The Morgan fingerprint density at radius 3 is 2.30 bits per heavy atom. The van der Waals surface area contributed by atoms with Crippen molar-refractivity contribution in [3.05, 3.63) is 70.1 Å². The molecule has 2 aromatic rings. The summed E-state index contributed by atoms with van der Waals surface area (Å²) in [6.45, 7) is 3.25. The lowest BCUT2D eigenvalue weighted by Crippen LogP contribution is -2.48. The van der Waals surface area contributed by atoms with Crippen molar-refractivity contribution >= 4 is 35.3 Å². The van der Waals surface area contributed by atoms with Crippen LogP contribution in [0.5, 0.6) is 0 Å². The van der Waals surface area contributed by atoms with E-state index in [2.05, 4.69) is 15.6 Å². The third-order valence-corrected chi connectivity index (χ3v) is 5.91. The number of piperidine rings is 1. The first-order valence-electron chi connectivity index (χ1n) is 11.4. The molecule has 1 saturated heterocycles. The molecule has 0 unspecified atom stereocenters. The van der Waals surface area contributed by atoms with E-state index in [1.807, 2.05) is 26.1 Å². The van der Waals surface area contributed by atoms with Crippen molar-refractivity contribution in [3.8, 4) is 0 Å². The van der Waals surface area contributed by atoms with E-state index in [0.29, 0.717) is 37.3 Å². The maximum absolute atomic E-state index is 15.1. The van der Waals surface area contributed by atoms with Gasteiger partial charge in [0.25, 0.3) is 5.91 Å². The molecule has 9 nitrogen and oxygen atoms in total. The van der Waals surface area contributed by atoms with E-state index >= 15 is 4.39 Å². The molecule has 0 atom stereocenters. The summed E-state index contributed by atoms with van der Waals surface area (Å²) in [6, 6.07) is 7.78. The number of carbonyl (C=O) groups excluding carboxylic acids is 1. The van der Waals surface area contributed by atoms with Gasteiger partial charge in [-0.3, -0.25) is 4.79 Å². The highest BCUT2D eigenvalue weighted by Crippen LogP contribution is 2.27. The highest BCUT2D eigenvalue weighted by molar-refractivity contribution is 6.31. The number of carboxylic acid groups (broad SMARTS) is 2. The summed E-state index contributed by atoms with van der Waals surface area (Å²) in [5.41, 5.74) is 0.821. The molecule has 200 valence electrons. The zero-order valence-electron chi connectivity index (χ0n) is 20.4. The molecular weight excluding hydrogens is 510 g/mol. The van der Waals surface area contributed by atoms with Crippen molar-refractivity contribution in [1.29, 1.82) is 0 Å². The zero-order valence-corrected chi connectivity index (χ0v) is 21.2. The summed E-state index contributed by atoms with van der Waals surface area (Å²) < 4.78 is 28.4. The predicted octanol–water partition coefficient (Wildman–Crippen LogP) is 3.67. The van der Waals surface area contributed by atoms with Crippen LogP contribution in [-0.2, 0) is 16.1 Å². The van der Waals surface area contributed by atoms with Gasteiger partial charge in [0.2, 0.25) is 0 Å². The van der Waals surface area contributed by atoms with Crippen LogP contribution in [0, 0.1) is 12.7 Å². The van der Waals surface area contributed by atoms with Gasteiger partial charge in [-0.25, -0.2) is 23.4 Å². The van der Waals surface area contributed by atoms with Gasteiger partial charge in [0, 0.05) is 63.8 Å². The Hall–Kier alpha value is -3.57. The first-order chi connectivity index (χ1) is 17.4. The lowest BCUT2D eigenvalue weighted by Gasteiger charge is -2.36. The highest BCUT2D eigenvalue weighted by atomic mass is 35.5. The van der Waals surface area contributed by atoms with Crippen LogP contribution in [0.15, 0.2) is 42.5 Å². The van der Waals surface area contributed by atoms with Crippen LogP contribution in [0.25, 0.3) is 0 Å². The molecule has 0 spiro atoms. The number of hydrogen-bond acceptors (Lipinski definition) is 6. The zero-order chi connectivity index (χ0) is 27.6. The lowest BCUT2D eigenvalue weighted by molar-refractivity contribution is -0.134. The fourth-order valence-corrected chi connectivity index (χ4v) is 3.76. The van der Waals surface area contributed by atoms with E-state index in [4.69, 9.17) is 21.8 Å². The van der Waals surface area contributed by atoms with E-state index in [9.17, 15) is 18.8 Å². The van der Waals surface area contributed by atoms with Gasteiger partial charge < -0.3 is 25.7 Å². The number of aliphatic carboxylic acids is 2. The molecular formula is C25H29ClF2N4O5. The SMILES string of the molecule is CNc1nc(CNCC2(F)CCN(C(=O)c3ccc(F)c(Cl)c3)CC2)ccc1C.O=C(O)/C=C/C(=O)O. The Morgan fingerprint density at radius 1 is 1.14 bits per heavy atom. The average Bonchev–Trinajstić information content (AvgIpc) is 2.86. The van der Waals surface area contributed by atoms with Gasteiger partial charge in [-0.2, -0.15) is 0 Å². The van der Waals surface area contributed by atoms with Crippen LogP contribution >= 0.6 is 11.6 Å². The van der Waals surface area contributed by atoms with Gasteiger partial charge in [0.15, 0.2) is 0 Å². The Kier molecular flexibility index (Phi) is 10.9. The molecule has 0 saturated carbocycles. The van der Waals surface area contributed by atoms with Crippen LogP contribution in [0.2, 0.25) is 5.02 Å². The number of rotatable bonds is 8. The molecule has 1 aliphatic rings. The molecule has 1 amide bonds. The number of pyridine rings is 1. The van der Waals surface area contributed by atoms with Crippen molar-refractivity contribution in [2.75, 3.05) is 32.0 Å². The van der Waals surface area contributed by atoms with Crippen LogP contribution in [0.4, 0.5) is 14.6 Å². The van der Waals surface area contributed by atoms with Crippen molar-refractivity contribution in [3.63, 3.8) is 0 Å². The molecule has 1 aromatic heterocycles. The van der Waals surface area contributed by atoms with E-state index in [-0.39, 0.29) is 30.3 Å². The molecule has 0 bridgehead atoms. The third-order valence-electron chi connectivity index (χ3n) is 5.62. The van der Waals surface area contributed by atoms with Gasteiger partial charge in [-0.05, 0) is 36.8 Å². The molecule has 37 heavy (non-hydrogen) atoms. The van der Waals surface area contributed by atoms with Crippen LogP contribution < -0.4 is 10.6 Å². The quantitative estimate of drug-likeness (QED) is 0.374.